The molecule has 15 heavy (non-hydrogen) atoms. The lowest BCUT2D eigenvalue weighted by atomic mass is 10.1. The van der Waals surface area contributed by atoms with Gasteiger partial charge in [0.1, 0.15) is 0 Å². The zero-order valence-corrected chi connectivity index (χ0v) is 10.1. The van der Waals surface area contributed by atoms with Crippen LogP contribution in [0.4, 0.5) is 0 Å². The molecule has 1 rings (SSSR count). The molecule has 0 amide bonds. The van der Waals surface area contributed by atoms with Crippen LogP contribution in [0.1, 0.15) is 34.1 Å². The van der Waals surface area contributed by atoms with E-state index in [9.17, 15) is 0 Å². The Balaban J connectivity index is 0.000000921. The largest absolute Gasteiger partial charge is 0.255 e. The van der Waals surface area contributed by atoms with Crippen LogP contribution < -0.4 is 0 Å². The van der Waals surface area contributed by atoms with Crippen LogP contribution >= 0.6 is 0 Å². The Morgan fingerprint density at radius 3 is 2.60 bits per heavy atom. The van der Waals surface area contributed by atoms with Crippen molar-refractivity contribution in [1.82, 2.24) is 0 Å². The molecule has 0 radical (unpaired) electrons. The number of allylic oxidation sites excluding steroid dienone is 3. The van der Waals surface area contributed by atoms with E-state index in [0.717, 1.165) is 17.8 Å². The fourth-order valence-corrected chi connectivity index (χ4v) is 1.12. The lowest BCUT2D eigenvalue weighted by Crippen LogP contribution is -2.04. The highest BCUT2D eigenvalue weighted by Crippen LogP contribution is 2.12. The van der Waals surface area contributed by atoms with Crippen molar-refractivity contribution >= 4 is 11.9 Å². The van der Waals surface area contributed by atoms with Crippen molar-refractivity contribution in [2.45, 2.75) is 34.1 Å². The lowest BCUT2D eigenvalue weighted by Gasteiger charge is -2.08. The molecule has 2 nitrogen and oxygen atoms in total. The van der Waals surface area contributed by atoms with E-state index in [2.05, 4.69) is 23.5 Å². The predicted octanol–water partition coefficient (Wildman–Crippen LogP) is 3.92. The monoisotopic (exact) mass is 204 g/mol. The summed E-state index contributed by atoms with van der Waals surface area (Å²) in [5, 5.41) is 0. The highest BCUT2D eigenvalue weighted by atomic mass is 14.8. The van der Waals surface area contributed by atoms with Gasteiger partial charge in [0.2, 0.25) is 0 Å². The summed E-state index contributed by atoms with van der Waals surface area (Å²) in [6.07, 6.45) is 8.41. The van der Waals surface area contributed by atoms with Crippen LogP contribution in [0.5, 0.6) is 0 Å². The van der Waals surface area contributed by atoms with Gasteiger partial charge in [0.05, 0.1) is 11.4 Å². The van der Waals surface area contributed by atoms with E-state index in [1.807, 2.05) is 39.1 Å². The van der Waals surface area contributed by atoms with E-state index in [1.54, 1.807) is 6.20 Å². The minimum absolute atomic E-state index is 0.900. The Labute approximate surface area is 92.8 Å². The van der Waals surface area contributed by atoms with Crippen molar-refractivity contribution in [3.05, 3.63) is 36.2 Å². The average Bonchev–Trinajstić information content (AvgIpc) is 2.32. The molecule has 1 aliphatic heterocycles. The Morgan fingerprint density at radius 2 is 2.13 bits per heavy atom. The molecule has 0 spiro atoms. The van der Waals surface area contributed by atoms with Gasteiger partial charge in [-0.15, -0.1) is 0 Å². The molecule has 82 valence electrons. The second-order valence-corrected chi connectivity index (χ2v) is 2.70. The van der Waals surface area contributed by atoms with Gasteiger partial charge < -0.3 is 0 Å². The molecule has 0 aliphatic carbocycles. The summed E-state index contributed by atoms with van der Waals surface area (Å²) >= 11 is 0. The molecule has 0 bridgehead atoms. The molecule has 1 aliphatic rings. The normalized spacial score (nSPS) is 19.6. The summed E-state index contributed by atoms with van der Waals surface area (Å²) in [5.74, 6) is 0. The van der Waals surface area contributed by atoms with Crippen molar-refractivity contribution in [3.8, 4) is 0 Å². The number of rotatable bonds is 2. The smallest absolute Gasteiger partial charge is 0.0885 e. The third-order valence-electron chi connectivity index (χ3n) is 1.87. The SMILES string of the molecule is C=CN=C1C=C(CC)C=N/C1=C/C.CC. The number of hydrogen-bond acceptors (Lipinski definition) is 2. The van der Waals surface area contributed by atoms with Gasteiger partial charge in [0, 0.05) is 12.4 Å². The van der Waals surface area contributed by atoms with Crippen LogP contribution in [0.15, 0.2) is 46.2 Å². The van der Waals surface area contributed by atoms with Gasteiger partial charge in [-0.05, 0) is 25.0 Å². The first-order valence-electron chi connectivity index (χ1n) is 5.41. The van der Waals surface area contributed by atoms with Crippen LogP contribution in [0.25, 0.3) is 0 Å². The van der Waals surface area contributed by atoms with Crippen LogP contribution in [0.2, 0.25) is 0 Å². The van der Waals surface area contributed by atoms with Crippen molar-refractivity contribution in [2.75, 3.05) is 0 Å². The zero-order valence-electron chi connectivity index (χ0n) is 10.1. The summed E-state index contributed by atoms with van der Waals surface area (Å²) in [6.45, 7) is 11.6. The fourth-order valence-electron chi connectivity index (χ4n) is 1.12. The Bertz CT molecular complexity index is 317. The maximum absolute atomic E-state index is 4.29. The van der Waals surface area contributed by atoms with Gasteiger partial charge in [-0.1, -0.05) is 33.4 Å². The maximum atomic E-state index is 4.29. The molecule has 0 saturated carbocycles. The summed E-state index contributed by atoms with van der Waals surface area (Å²) in [4.78, 5) is 8.45. The molecule has 0 atom stereocenters. The highest BCUT2D eigenvalue weighted by molar-refractivity contribution is 6.14. The summed E-state index contributed by atoms with van der Waals surface area (Å²) in [5.41, 5.74) is 3.01. The van der Waals surface area contributed by atoms with Crippen molar-refractivity contribution < 1.29 is 0 Å². The Morgan fingerprint density at radius 1 is 1.47 bits per heavy atom. The van der Waals surface area contributed by atoms with Crippen LogP contribution in [-0.4, -0.2) is 11.9 Å². The number of hydrogen-bond donors (Lipinski definition) is 0. The quantitative estimate of drug-likeness (QED) is 0.651. The van der Waals surface area contributed by atoms with Gasteiger partial charge in [0.25, 0.3) is 0 Å². The van der Waals surface area contributed by atoms with Gasteiger partial charge in [0.15, 0.2) is 0 Å². The van der Waals surface area contributed by atoms with E-state index in [-0.39, 0.29) is 0 Å². The number of aliphatic imine (C=N–C) groups is 2. The van der Waals surface area contributed by atoms with E-state index in [0.29, 0.717) is 0 Å². The maximum Gasteiger partial charge on any atom is 0.0885 e. The summed E-state index contributed by atoms with van der Waals surface area (Å²) in [7, 11) is 0. The van der Waals surface area contributed by atoms with Gasteiger partial charge >= 0.3 is 0 Å². The van der Waals surface area contributed by atoms with Crippen LogP contribution in [0.3, 0.4) is 0 Å². The van der Waals surface area contributed by atoms with Crippen LogP contribution in [-0.2, 0) is 0 Å². The molecule has 0 aromatic heterocycles. The van der Waals surface area contributed by atoms with Gasteiger partial charge in [-0.2, -0.15) is 0 Å². The molecule has 0 unspecified atom stereocenters. The van der Waals surface area contributed by atoms with Gasteiger partial charge in [-0.25, -0.2) is 0 Å². The van der Waals surface area contributed by atoms with Crippen molar-refractivity contribution in [2.24, 2.45) is 9.98 Å². The standard InChI is InChI=1S/C11H14N2.C2H6/c1-4-9-7-11(12-6-3)10(5-2)13-8-9;1-2/h5-8H,3-4H2,1-2H3;1-2H3/b10-5+,12-11?;. The minimum Gasteiger partial charge on any atom is -0.255 e. The molecular weight excluding hydrogens is 184 g/mol. The van der Waals surface area contributed by atoms with E-state index in [4.69, 9.17) is 0 Å². The molecule has 0 N–H and O–H groups in total. The molecule has 0 aromatic rings. The molecule has 2 heteroatoms. The highest BCUT2D eigenvalue weighted by Gasteiger charge is 2.06. The molecular formula is C13H20N2. The van der Waals surface area contributed by atoms with E-state index >= 15 is 0 Å². The van der Waals surface area contributed by atoms with Crippen LogP contribution in [0, 0.1) is 0 Å². The first kappa shape index (κ1) is 13.6. The van der Waals surface area contributed by atoms with Gasteiger partial charge in [-0.3, -0.25) is 9.98 Å². The predicted molar refractivity (Wildman–Crippen MR) is 69.6 cm³/mol. The molecule has 0 aromatic carbocycles. The fraction of sp³-hybridized carbons (Fsp3) is 0.385. The third-order valence-corrected chi connectivity index (χ3v) is 1.87. The third kappa shape index (κ3) is 4.07. The van der Waals surface area contributed by atoms with Crippen molar-refractivity contribution in [3.63, 3.8) is 0 Å². The first-order chi connectivity index (χ1) is 7.31. The molecule has 0 fully saturated rings. The lowest BCUT2D eigenvalue weighted by molar-refractivity contribution is 1.17. The number of dihydropyridines is 1. The Hall–Kier alpha value is -1.44. The summed E-state index contributed by atoms with van der Waals surface area (Å²) < 4.78 is 0. The Kier molecular flexibility index (Phi) is 7.16. The zero-order chi connectivity index (χ0) is 11.7. The molecule has 0 saturated heterocycles. The second-order valence-electron chi connectivity index (χ2n) is 2.70. The molecule has 1 heterocycles. The minimum atomic E-state index is 0.900. The second kappa shape index (κ2) is 7.92. The number of nitrogens with zero attached hydrogens (tertiary/aromatic N) is 2. The summed E-state index contributed by atoms with van der Waals surface area (Å²) in [6, 6.07) is 0. The average molecular weight is 204 g/mol. The van der Waals surface area contributed by atoms with E-state index < -0.39 is 0 Å². The topological polar surface area (TPSA) is 24.7 Å². The first-order valence-corrected chi connectivity index (χ1v) is 5.41. The van der Waals surface area contributed by atoms with Crippen molar-refractivity contribution in [1.29, 1.82) is 0 Å². The van der Waals surface area contributed by atoms with E-state index in [1.165, 1.54) is 5.57 Å².